The summed E-state index contributed by atoms with van der Waals surface area (Å²) in [7, 11) is 0.343. The fourth-order valence-electron chi connectivity index (χ4n) is 1.66. The van der Waals surface area contributed by atoms with E-state index in [1.165, 1.54) is 0 Å². The highest BCUT2D eigenvalue weighted by Gasteiger charge is 2.15. The van der Waals surface area contributed by atoms with Crippen molar-refractivity contribution in [2.24, 2.45) is 0 Å². The molecular formula is C14H24N2O3S. The molecule has 0 aromatic heterocycles. The smallest absolute Gasteiger partial charge is 0.240 e. The number of aryl methyl sites for hydroxylation is 1. The number of hydrogen-bond donors (Lipinski definition) is 1. The summed E-state index contributed by atoms with van der Waals surface area (Å²) in [4.78, 5) is 2.19. The number of ether oxygens (including phenoxy) is 1. The Bertz CT molecular complexity index is 539. The van der Waals surface area contributed by atoms with E-state index in [4.69, 9.17) is 4.74 Å². The second kappa shape index (κ2) is 7.06. The summed E-state index contributed by atoms with van der Waals surface area (Å²) < 4.78 is 32.4. The van der Waals surface area contributed by atoms with Gasteiger partial charge in [0.25, 0.3) is 0 Å². The topological polar surface area (TPSA) is 58.6 Å². The number of nitrogens with zero attached hydrogens (tertiary/aromatic N) is 1. The van der Waals surface area contributed by atoms with Gasteiger partial charge in [-0.15, -0.1) is 0 Å². The van der Waals surface area contributed by atoms with Crippen LogP contribution in [0.4, 0.5) is 0 Å². The third-order valence-electron chi connectivity index (χ3n) is 2.67. The highest BCUT2D eigenvalue weighted by Crippen LogP contribution is 2.22. The van der Waals surface area contributed by atoms with Crippen molar-refractivity contribution in [3.63, 3.8) is 0 Å². The molecule has 1 aromatic carbocycles. The molecule has 0 spiro atoms. The van der Waals surface area contributed by atoms with Gasteiger partial charge in [0.1, 0.15) is 5.75 Å². The molecule has 0 saturated carbocycles. The molecule has 1 N–H and O–H groups in total. The molecule has 114 valence electrons. The molecule has 5 nitrogen and oxygen atoms in total. The minimum Gasteiger partial charge on any atom is -0.491 e. The van der Waals surface area contributed by atoms with Gasteiger partial charge in [-0.2, -0.15) is 0 Å². The Morgan fingerprint density at radius 1 is 1.30 bits per heavy atom. The van der Waals surface area contributed by atoms with E-state index >= 15 is 0 Å². The summed E-state index contributed by atoms with van der Waals surface area (Å²) in [5.74, 6) is 0.715. The van der Waals surface area contributed by atoms with Crippen LogP contribution in [0.2, 0.25) is 0 Å². The Hall–Kier alpha value is -1.11. The number of benzene rings is 1. The molecule has 0 aliphatic carbocycles. The van der Waals surface area contributed by atoms with Crippen LogP contribution >= 0.6 is 0 Å². The van der Waals surface area contributed by atoms with Crippen LogP contribution < -0.4 is 9.46 Å². The normalized spacial score (nSPS) is 12.2. The molecule has 1 rings (SSSR count). The van der Waals surface area contributed by atoms with Crippen LogP contribution in [0.15, 0.2) is 23.1 Å². The lowest BCUT2D eigenvalue weighted by molar-refractivity contribution is 0.240. The van der Waals surface area contributed by atoms with Gasteiger partial charge in [-0.25, -0.2) is 13.1 Å². The quantitative estimate of drug-likeness (QED) is 0.831. The number of nitrogens with one attached hydrogen (secondary N) is 1. The van der Waals surface area contributed by atoms with E-state index in [-0.39, 0.29) is 11.0 Å². The van der Waals surface area contributed by atoms with Gasteiger partial charge in [0.2, 0.25) is 10.0 Å². The SMILES string of the molecule is Cc1cc(S(=O)(=O)NCCN(C)C)ccc1OC(C)C. The van der Waals surface area contributed by atoms with Crippen molar-refractivity contribution in [2.45, 2.75) is 31.8 Å². The van der Waals surface area contributed by atoms with E-state index in [1.807, 2.05) is 39.8 Å². The molecule has 20 heavy (non-hydrogen) atoms. The zero-order chi connectivity index (χ0) is 15.3. The highest BCUT2D eigenvalue weighted by atomic mass is 32.2. The maximum absolute atomic E-state index is 12.1. The number of likely N-dealkylation sites (N-methyl/N-ethyl adjacent to an activating group) is 1. The first-order valence-electron chi connectivity index (χ1n) is 6.64. The standard InChI is InChI=1S/C14H24N2O3S/c1-11(2)19-14-7-6-13(10-12(14)3)20(17,18)15-8-9-16(4)5/h6-7,10-11,15H,8-9H2,1-5H3. The minimum absolute atomic E-state index is 0.0642. The summed E-state index contributed by atoms with van der Waals surface area (Å²) in [6.07, 6.45) is 0.0642. The summed E-state index contributed by atoms with van der Waals surface area (Å²) >= 11 is 0. The molecule has 0 heterocycles. The highest BCUT2D eigenvalue weighted by molar-refractivity contribution is 7.89. The lowest BCUT2D eigenvalue weighted by Crippen LogP contribution is -2.31. The Morgan fingerprint density at radius 3 is 2.45 bits per heavy atom. The molecule has 1 aromatic rings. The van der Waals surface area contributed by atoms with E-state index in [9.17, 15) is 8.42 Å². The number of rotatable bonds is 7. The van der Waals surface area contributed by atoms with Gasteiger partial charge in [-0.1, -0.05) is 0 Å². The van der Waals surface area contributed by atoms with Crippen molar-refractivity contribution in [3.8, 4) is 5.75 Å². The zero-order valence-corrected chi connectivity index (χ0v) is 13.6. The Labute approximate surface area is 122 Å². The molecule has 0 fully saturated rings. The van der Waals surface area contributed by atoms with Gasteiger partial charge in [0.05, 0.1) is 11.0 Å². The van der Waals surface area contributed by atoms with Crippen LogP contribution in [0.25, 0.3) is 0 Å². The first-order chi connectivity index (χ1) is 9.22. The van der Waals surface area contributed by atoms with E-state index in [1.54, 1.807) is 18.2 Å². The van der Waals surface area contributed by atoms with Gasteiger partial charge >= 0.3 is 0 Å². The molecule has 0 aliphatic rings. The van der Waals surface area contributed by atoms with Crippen molar-refractivity contribution in [1.29, 1.82) is 0 Å². The van der Waals surface area contributed by atoms with Crippen LogP contribution in [-0.2, 0) is 10.0 Å². The second-order valence-electron chi connectivity index (χ2n) is 5.29. The van der Waals surface area contributed by atoms with Gasteiger partial charge in [0, 0.05) is 13.1 Å². The summed E-state index contributed by atoms with van der Waals surface area (Å²) in [5, 5.41) is 0. The van der Waals surface area contributed by atoms with Crippen molar-refractivity contribution in [1.82, 2.24) is 9.62 Å². The summed E-state index contributed by atoms with van der Waals surface area (Å²) in [5.41, 5.74) is 0.814. The van der Waals surface area contributed by atoms with Crippen molar-refractivity contribution < 1.29 is 13.2 Å². The second-order valence-corrected chi connectivity index (χ2v) is 7.06. The molecule has 0 atom stereocenters. The van der Waals surface area contributed by atoms with Crippen molar-refractivity contribution in [3.05, 3.63) is 23.8 Å². The lowest BCUT2D eigenvalue weighted by atomic mass is 10.2. The predicted molar refractivity (Wildman–Crippen MR) is 80.7 cm³/mol. The van der Waals surface area contributed by atoms with Crippen molar-refractivity contribution in [2.75, 3.05) is 27.2 Å². The van der Waals surface area contributed by atoms with Crippen LogP contribution in [0, 0.1) is 6.92 Å². The van der Waals surface area contributed by atoms with Gasteiger partial charge < -0.3 is 9.64 Å². The average Bonchev–Trinajstić information content (AvgIpc) is 2.30. The van der Waals surface area contributed by atoms with Crippen molar-refractivity contribution >= 4 is 10.0 Å². The maximum atomic E-state index is 12.1. The first-order valence-corrected chi connectivity index (χ1v) is 8.12. The van der Waals surface area contributed by atoms with E-state index in [0.29, 0.717) is 18.8 Å². The molecule has 0 unspecified atom stereocenters. The Kier molecular flexibility index (Phi) is 5.98. The predicted octanol–water partition coefficient (Wildman–Crippen LogP) is 1.62. The molecule has 0 aliphatic heterocycles. The number of sulfonamides is 1. The van der Waals surface area contributed by atoms with Crippen LogP contribution in [0.1, 0.15) is 19.4 Å². The van der Waals surface area contributed by atoms with E-state index in [2.05, 4.69) is 4.72 Å². The fourth-order valence-corrected chi connectivity index (χ4v) is 2.77. The Balaban J connectivity index is 2.83. The molecular weight excluding hydrogens is 276 g/mol. The molecule has 0 bridgehead atoms. The monoisotopic (exact) mass is 300 g/mol. The zero-order valence-electron chi connectivity index (χ0n) is 12.8. The van der Waals surface area contributed by atoms with E-state index < -0.39 is 10.0 Å². The maximum Gasteiger partial charge on any atom is 0.240 e. The summed E-state index contributed by atoms with van der Waals surface area (Å²) in [6.45, 7) is 6.77. The molecule has 0 amide bonds. The molecule has 6 heteroatoms. The van der Waals surface area contributed by atoms with Gasteiger partial charge in [-0.05, 0) is 58.6 Å². The van der Waals surface area contributed by atoms with E-state index in [0.717, 1.165) is 5.56 Å². The molecule has 0 radical (unpaired) electrons. The minimum atomic E-state index is -3.46. The van der Waals surface area contributed by atoms with Crippen LogP contribution in [-0.4, -0.2) is 46.6 Å². The fraction of sp³-hybridized carbons (Fsp3) is 0.571. The first kappa shape index (κ1) is 16.9. The Morgan fingerprint density at radius 2 is 1.95 bits per heavy atom. The average molecular weight is 300 g/mol. The largest absolute Gasteiger partial charge is 0.491 e. The third-order valence-corrected chi connectivity index (χ3v) is 4.13. The van der Waals surface area contributed by atoms with Crippen LogP contribution in [0.3, 0.4) is 0 Å². The number of hydrogen-bond acceptors (Lipinski definition) is 4. The summed E-state index contributed by atoms with van der Waals surface area (Å²) in [6, 6.07) is 4.91. The lowest BCUT2D eigenvalue weighted by Gasteiger charge is -2.14. The van der Waals surface area contributed by atoms with Gasteiger partial charge in [0.15, 0.2) is 0 Å². The van der Waals surface area contributed by atoms with Crippen LogP contribution in [0.5, 0.6) is 5.75 Å². The molecule has 0 saturated heterocycles. The van der Waals surface area contributed by atoms with Gasteiger partial charge in [-0.3, -0.25) is 0 Å². The third kappa shape index (κ3) is 5.11.